The standard InChI is InChI=1S/C11H8IN3O2/c12-8-6-13-11(15-10(8)17)14-9(16)7-4-2-1-3-5-7/h1-6H,(H2,13,14,15,16,17). The minimum atomic E-state index is -0.310. The molecule has 17 heavy (non-hydrogen) atoms. The number of carbonyl (C=O) groups excluding carboxylic acids is 1. The lowest BCUT2D eigenvalue weighted by Crippen LogP contribution is -2.19. The number of anilines is 1. The molecule has 0 radical (unpaired) electrons. The number of nitrogens with one attached hydrogen (secondary N) is 2. The quantitative estimate of drug-likeness (QED) is 0.816. The van der Waals surface area contributed by atoms with Crippen molar-refractivity contribution in [2.24, 2.45) is 0 Å². The van der Waals surface area contributed by atoms with E-state index in [1.807, 2.05) is 28.7 Å². The Morgan fingerprint density at radius 1 is 1.29 bits per heavy atom. The van der Waals surface area contributed by atoms with Gasteiger partial charge in [-0.3, -0.25) is 19.9 Å². The summed E-state index contributed by atoms with van der Waals surface area (Å²) in [6.45, 7) is 0. The Kier molecular flexibility index (Phi) is 3.52. The fourth-order valence-electron chi connectivity index (χ4n) is 1.21. The average Bonchev–Trinajstić information content (AvgIpc) is 2.35. The highest BCUT2D eigenvalue weighted by Crippen LogP contribution is 2.03. The van der Waals surface area contributed by atoms with E-state index in [0.29, 0.717) is 9.13 Å². The zero-order valence-electron chi connectivity index (χ0n) is 8.61. The molecule has 86 valence electrons. The molecule has 0 aliphatic rings. The van der Waals surface area contributed by atoms with Gasteiger partial charge in [0.25, 0.3) is 11.5 Å². The SMILES string of the molecule is O=C(Nc1ncc(I)c(=O)[nH]1)c1ccccc1. The van der Waals surface area contributed by atoms with Gasteiger partial charge in [0.05, 0.1) is 3.57 Å². The maximum Gasteiger partial charge on any atom is 0.265 e. The zero-order chi connectivity index (χ0) is 12.3. The first-order valence-electron chi connectivity index (χ1n) is 4.78. The van der Waals surface area contributed by atoms with Crippen molar-refractivity contribution in [2.75, 3.05) is 5.32 Å². The van der Waals surface area contributed by atoms with Gasteiger partial charge in [-0.15, -0.1) is 0 Å². The molecule has 0 aliphatic carbocycles. The Bertz CT molecular complexity index is 595. The number of nitrogens with zero attached hydrogens (tertiary/aromatic N) is 1. The van der Waals surface area contributed by atoms with Gasteiger partial charge in [-0.25, -0.2) is 4.98 Å². The molecule has 2 rings (SSSR count). The van der Waals surface area contributed by atoms with Crippen LogP contribution < -0.4 is 10.9 Å². The monoisotopic (exact) mass is 341 g/mol. The highest BCUT2D eigenvalue weighted by molar-refractivity contribution is 14.1. The summed E-state index contributed by atoms with van der Waals surface area (Å²) in [6.07, 6.45) is 1.40. The van der Waals surface area contributed by atoms with Crippen LogP contribution in [0, 0.1) is 3.57 Å². The van der Waals surface area contributed by atoms with Crippen molar-refractivity contribution in [3.8, 4) is 0 Å². The third-order valence-corrected chi connectivity index (χ3v) is 2.79. The number of rotatable bonds is 2. The molecule has 1 aromatic heterocycles. The number of hydrogen-bond acceptors (Lipinski definition) is 3. The maximum absolute atomic E-state index is 11.7. The lowest BCUT2D eigenvalue weighted by Gasteiger charge is -2.03. The first kappa shape index (κ1) is 11.8. The molecule has 6 heteroatoms. The fourth-order valence-corrected chi connectivity index (χ4v) is 1.49. The molecule has 0 bridgehead atoms. The summed E-state index contributed by atoms with van der Waals surface area (Å²) >= 11 is 1.87. The zero-order valence-corrected chi connectivity index (χ0v) is 10.8. The summed E-state index contributed by atoms with van der Waals surface area (Å²) in [5.74, 6) is -0.167. The van der Waals surface area contributed by atoms with Gasteiger partial charge in [-0.05, 0) is 34.7 Å². The van der Waals surface area contributed by atoms with E-state index in [-0.39, 0.29) is 17.4 Å². The molecule has 0 aliphatic heterocycles. The number of halogens is 1. The minimum absolute atomic E-state index is 0.143. The van der Waals surface area contributed by atoms with Crippen LogP contribution in [0.5, 0.6) is 0 Å². The summed E-state index contributed by atoms with van der Waals surface area (Å²) in [5, 5.41) is 2.52. The first-order valence-corrected chi connectivity index (χ1v) is 5.86. The van der Waals surface area contributed by atoms with Crippen molar-refractivity contribution in [1.29, 1.82) is 0 Å². The summed E-state index contributed by atoms with van der Waals surface area (Å²) in [7, 11) is 0. The van der Waals surface area contributed by atoms with Gasteiger partial charge in [-0.2, -0.15) is 0 Å². The third-order valence-electron chi connectivity index (χ3n) is 2.02. The van der Waals surface area contributed by atoms with E-state index in [1.54, 1.807) is 24.3 Å². The number of benzene rings is 1. The van der Waals surface area contributed by atoms with Gasteiger partial charge < -0.3 is 0 Å². The predicted molar refractivity (Wildman–Crippen MR) is 72.0 cm³/mol. The summed E-state index contributed by atoms with van der Waals surface area (Å²) in [4.78, 5) is 29.4. The second kappa shape index (κ2) is 5.09. The van der Waals surface area contributed by atoms with Crippen molar-refractivity contribution in [1.82, 2.24) is 9.97 Å². The van der Waals surface area contributed by atoms with Gasteiger partial charge in [0.15, 0.2) is 0 Å². The van der Waals surface area contributed by atoms with Gasteiger partial charge in [0.2, 0.25) is 5.95 Å². The van der Waals surface area contributed by atoms with E-state index in [9.17, 15) is 9.59 Å². The normalized spacial score (nSPS) is 9.94. The van der Waals surface area contributed by atoms with Crippen LogP contribution in [-0.4, -0.2) is 15.9 Å². The maximum atomic E-state index is 11.7. The topological polar surface area (TPSA) is 74.8 Å². The molecule has 0 unspecified atom stereocenters. The largest absolute Gasteiger partial charge is 0.292 e. The number of hydrogen-bond donors (Lipinski definition) is 2. The molecular weight excluding hydrogens is 333 g/mol. The van der Waals surface area contributed by atoms with Crippen molar-refractivity contribution in [2.45, 2.75) is 0 Å². The van der Waals surface area contributed by atoms with E-state index >= 15 is 0 Å². The van der Waals surface area contributed by atoms with Crippen LogP contribution in [0.25, 0.3) is 0 Å². The molecule has 0 atom stereocenters. The second-order valence-electron chi connectivity index (χ2n) is 3.23. The van der Waals surface area contributed by atoms with Crippen molar-refractivity contribution < 1.29 is 4.79 Å². The van der Waals surface area contributed by atoms with Gasteiger partial charge in [0, 0.05) is 11.8 Å². The molecule has 5 nitrogen and oxygen atoms in total. The molecule has 2 N–H and O–H groups in total. The number of aromatic amines is 1. The van der Waals surface area contributed by atoms with Crippen LogP contribution >= 0.6 is 22.6 Å². The molecule has 1 aromatic carbocycles. The molecule has 1 amide bonds. The Morgan fingerprint density at radius 3 is 2.65 bits per heavy atom. The van der Waals surface area contributed by atoms with Gasteiger partial charge in [0.1, 0.15) is 0 Å². The lowest BCUT2D eigenvalue weighted by molar-refractivity contribution is 0.102. The highest BCUT2D eigenvalue weighted by Gasteiger charge is 2.06. The minimum Gasteiger partial charge on any atom is -0.292 e. The number of H-pyrrole nitrogens is 1. The van der Waals surface area contributed by atoms with E-state index < -0.39 is 0 Å². The molecule has 0 fully saturated rings. The van der Waals surface area contributed by atoms with E-state index in [0.717, 1.165) is 0 Å². The Hall–Kier alpha value is -1.70. The van der Waals surface area contributed by atoms with Crippen molar-refractivity contribution in [3.05, 3.63) is 56.0 Å². The smallest absolute Gasteiger partial charge is 0.265 e. The summed E-state index contributed by atoms with van der Waals surface area (Å²) < 4.78 is 0.473. The molecule has 1 heterocycles. The van der Waals surface area contributed by atoms with Crippen LogP contribution in [0.3, 0.4) is 0 Å². The van der Waals surface area contributed by atoms with Gasteiger partial charge in [-0.1, -0.05) is 18.2 Å². The Labute approximate surface area is 110 Å². The molecule has 0 saturated heterocycles. The summed E-state index contributed by atoms with van der Waals surface area (Å²) in [5.41, 5.74) is 0.234. The van der Waals surface area contributed by atoms with Crippen molar-refractivity contribution in [3.63, 3.8) is 0 Å². The Morgan fingerprint density at radius 2 is 2.00 bits per heavy atom. The highest BCUT2D eigenvalue weighted by atomic mass is 127. The lowest BCUT2D eigenvalue weighted by atomic mass is 10.2. The fraction of sp³-hybridized carbons (Fsp3) is 0. The predicted octanol–water partition coefficient (Wildman–Crippen LogP) is 1.63. The van der Waals surface area contributed by atoms with Crippen LogP contribution in [0.4, 0.5) is 5.95 Å². The number of amides is 1. The third kappa shape index (κ3) is 2.90. The van der Waals surface area contributed by atoms with E-state index in [1.165, 1.54) is 6.20 Å². The molecular formula is C11H8IN3O2. The van der Waals surface area contributed by atoms with E-state index in [2.05, 4.69) is 15.3 Å². The van der Waals surface area contributed by atoms with E-state index in [4.69, 9.17) is 0 Å². The molecule has 0 spiro atoms. The van der Waals surface area contributed by atoms with Crippen molar-refractivity contribution >= 4 is 34.4 Å². The summed E-state index contributed by atoms with van der Waals surface area (Å²) in [6, 6.07) is 8.71. The molecule has 0 saturated carbocycles. The molecule has 2 aromatic rings. The number of aromatic nitrogens is 2. The van der Waals surface area contributed by atoms with Crippen LogP contribution in [0.15, 0.2) is 41.3 Å². The van der Waals surface area contributed by atoms with Crippen LogP contribution in [-0.2, 0) is 0 Å². The Balaban J connectivity index is 2.19. The van der Waals surface area contributed by atoms with Gasteiger partial charge >= 0.3 is 0 Å². The first-order chi connectivity index (χ1) is 8.16. The second-order valence-corrected chi connectivity index (χ2v) is 4.39. The van der Waals surface area contributed by atoms with Crippen LogP contribution in [0.2, 0.25) is 0 Å². The number of carbonyl (C=O) groups is 1. The van der Waals surface area contributed by atoms with Crippen LogP contribution in [0.1, 0.15) is 10.4 Å². The average molecular weight is 341 g/mol.